The van der Waals surface area contributed by atoms with E-state index in [1.165, 1.54) is 41.3 Å². The highest BCUT2D eigenvalue weighted by Gasteiger charge is 2.27. The number of anilines is 2. The molecule has 146 valence electrons. The third-order valence-electron chi connectivity index (χ3n) is 3.84. The molecule has 0 aromatic heterocycles. The summed E-state index contributed by atoms with van der Waals surface area (Å²) >= 11 is 0. The van der Waals surface area contributed by atoms with Gasteiger partial charge in [0.05, 0.1) is 28.1 Å². The summed E-state index contributed by atoms with van der Waals surface area (Å²) in [5.74, 6) is -1.14. The first-order valence-corrected chi connectivity index (χ1v) is 9.35. The number of carbonyl (C=O) groups excluding carboxylic acids is 2. The number of fused-ring (bicyclic) bond motifs is 1. The van der Waals surface area contributed by atoms with Crippen LogP contribution in [0.2, 0.25) is 0 Å². The maximum absolute atomic E-state index is 12.3. The number of nitrogens with one attached hydrogen (secondary N) is 1. The molecular weight excluding hydrogens is 392 g/mol. The van der Waals surface area contributed by atoms with Crippen LogP contribution < -0.4 is 20.1 Å². The molecule has 12 heteroatoms. The summed E-state index contributed by atoms with van der Waals surface area (Å²) in [5, 5.41) is 18.4. The Morgan fingerprint density at radius 3 is 2.54 bits per heavy atom. The summed E-state index contributed by atoms with van der Waals surface area (Å²) in [7, 11) is -3.84. The van der Waals surface area contributed by atoms with Gasteiger partial charge in [-0.15, -0.1) is 0 Å². The molecule has 1 heterocycles. The van der Waals surface area contributed by atoms with E-state index in [0.29, 0.717) is 11.4 Å². The van der Waals surface area contributed by atoms with Crippen LogP contribution in [0, 0.1) is 10.1 Å². The Bertz CT molecular complexity index is 1070. The van der Waals surface area contributed by atoms with Gasteiger partial charge in [0.25, 0.3) is 5.69 Å². The van der Waals surface area contributed by atoms with Gasteiger partial charge in [-0.05, 0) is 30.3 Å². The summed E-state index contributed by atoms with van der Waals surface area (Å²) < 4.78 is 27.5. The second-order valence-corrected chi connectivity index (χ2v) is 7.42. The molecule has 0 spiro atoms. The molecule has 0 fully saturated rings. The lowest BCUT2D eigenvalue weighted by Gasteiger charge is -2.28. The molecule has 0 saturated carbocycles. The zero-order valence-electron chi connectivity index (χ0n) is 14.2. The van der Waals surface area contributed by atoms with Gasteiger partial charge in [0, 0.05) is 11.8 Å². The molecule has 28 heavy (non-hydrogen) atoms. The van der Waals surface area contributed by atoms with Crippen molar-refractivity contribution in [1.29, 1.82) is 0 Å². The van der Waals surface area contributed by atoms with Crippen LogP contribution in [0.1, 0.15) is 0 Å². The topological polar surface area (TPSA) is 162 Å². The number of hydrogen-bond donors (Lipinski definition) is 2. The minimum atomic E-state index is -3.84. The number of nitro benzene ring substituents is 1. The Labute approximate surface area is 158 Å². The minimum absolute atomic E-state index is 0.00393. The largest absolute Gasteiger partial charge is 0.423 e. The molecule has 0 radical (unpaired) electrons. The predicted octanol–water partition coefficient (Wildman–Crippen LogP) is 0.606. The third kappa shape index (κ3) is 4.24. The fourth-order valence-corrected chi connectivity index (χ4v) is 3.11. The van der Waals surface area contributed by atoms with Crippen molar-refractivity contribution < 1.29 is 27.7 Å². The molecule has 3 N–H and O–H groups in total. The predicted molar refractivity (Wildman–Crippen MR) is 97.4 cm³/mol. The standard InChI is InChI=1S/C16H14N4O7S/c17-28(25,26)12-4-1-10(2-5-12)18-15(21)8-19-9-16(22)27-14-7-11(20(23)24)3-6-13(14)19/h1-7H,8-9H2,(H,18,21)(H2,17,25,26). The molecule has 0 saturated heterocycles. The summed E-state index contributed by atoms with van der Waals surface area (Å²) in [6, 6.07) is 9.00. The van der Waals surface area contributed by atoms with Crippen LogP contribution in [0.15, 0.2) is 47.4 Å². The highest BCUT2D eigenvalue weighted by Crippen LogP contribution is 2.35. The van der Waals surface area contributed by atoms with Crippen molar-refractivity contribution in [2.75, 3.05) is 23.3 Å². The van der Waals surface area contributed by atoms with Gasteiger partial charge in [-0.1, -0.05) is 0 Å². The number of non-ortho nitro benzene ring substituents is 1. The van der Waals surface area contributed by atoms with E-state index in [2.05, 4.69) is 5.32 Å². The van der Waals surface area contributed by atoms with Gasteiger partial charge in [0.15, 0.2) is 5.75 Å². The van der Waals surface area contributed by atoms with Crippen molar-refractivity contribution in [3.63, 3.8) is 0 Å². The smallest absolute Gasteiger partial charge is 0.331 e. The number of rotatable bonds is 5. The van der Waals surface area contributed by atoms with Crippen LogP contribution in [0.4, 0.5) is 17.1 Å². The van der Waals surface area contributed by atoms with Gasteiger partial charge in [0.1, 0.15) is 6.54 Å². The fraction of sp³-hybridized carbons (Fsp3) is 0.125. The van der Waals surface area contributed by atoms with Crippen LogP contribution in [0.25, 0.3) is 0 Å². The van der Waals surface area contributed by atoms with Gasteiger partial charge >= 0.3 is 5.97 Å². The number of amides is 1. The SMILES string of the molecule is NS(=O)(=O)c1ccc(NC(=O)CN2CC(=O)Oc3cc([N+](=O)[O-])ccc32)cc1. The summed E-state index contributed by atoms with van der Waals surface area (Å²) in [6.07, 6.45) is 0. The van der Waals surface area contributed by atoms with Crippen molar-refractivity contribution in [3.8, 4) is 5.75 Å². The van der Waals surface area contributed by atoms with Gasteiger partial charge in [-0.3, -0.25) is 14.9 Å². The Kier molecular flexibility index (Phi) is 4.98. The first kappa shape index (κ1) is 19.3. The number of sulfonamides is 1. The quantitative estimate of drug-likeness (QED) is 0.316. The van der Waals surface area contributed by atoms with Crippen molar-refractivity contribution in [2.45, 2.75) is 4.90 Å². The number of nitrogens with two attached hydrogens (primary N) is 1. The number of benzene rings is 2. The van der Waals surface area contributed by atoms with Crippen molar-refractivity contribution >= 4 is 39.0 Å². The molecular formula is C16H14N4O7S. The third-order valence-corrected chi connectivity index (χ3v) is 4.77. The molecule has 0 bridgehead atoms. The van der Waals surface area contributed by atoms with Crippen LogP contribution in [0.5, 0.6) is 5.75 Å². The van der Waals surface area contributed by atoms with Gasteiger partial charge < -0.3 is 15.0 Å². The Balaban J connectivity index is 1.74. The lowest BCUT2D eigenvalue weighted by Crippen LogP contribution is -2.41. The van der Waals surface area contributed by atoms with Crippen molar-refractivity contribution in [1.82, 2.24) is 0 Å². The average Bonchev–Trinajstić information content (AvgIpc) is 2.60. The number of ether oxygens (including phenoxy) is 1. The molecule has 0 aliphatic carbocycles. The van der Waals surface area contributed by atoms with E-state index in [1.807, 2.05) is 0 Å². The van der Waals surface area contributed by atoms with Crippen molar-refractivity contribution in [3.05, 3.63) is 52.6 Å². The molecule has 0 unspecified atom stereocenters. The normalized spacial score (nSPS) is 13.5. The number of primary sulfonamides is 1. The van der Waals surface area contributed by atoms with E-state index >= 15 is 0 Å². The fourth-order valence-electron chi connectivity index (χ4n) is 2.60. The maximum Gasteiger partial charge on any atom is 0.331 e. The van der Waals surface area contributed by atoms with E-state index in [4.69, 9.17) is 9.88 Å². The highest BCUT2D eigenvalue weighted by atomic mass is 32.2. The summed E-state index contributed by atoms with van der Waals surface area (Å²) in [5.41, 5.74) is 0.457. The average molecular weight is 406 g/mol. The maximum atomic E-state index is 12.3. The zero-order valence-corrected chi connectivity index (χ0v) is 15.0. The molecule has 1 aliphatic rings. The first-order chi connectivity index (χ1) is 13.1. The molecule has 2 aromatic carbocycles. The van der Waals surface area contributed by atoms with E-state index < -0.39 is 26.8 Å². The number of hydrogen-bond acceptors (Lipinski definition) is 8. The Hall–Kier alpha value is -3.51. The zero-order chi connectivity index (χ0) is 20.5. The van der Waals surface area contributed by atoms with E-state index in [-0.39, 0.29) is 29.4 Å². The number of nitro groups is 1. The molecule has 1 aliphatic heterocycles. The highest BCUT2D eigenvalue weighted by molar-refractivity contribution is 7.89. The van der Waals surface area contributed by atoms with E-state index in [9.17, 15) is 28.1 Å². The van der Waals surface area contributed by atoms with Crippen LogP contribution >= 0.6 is 0 Å². The van der Waals surface area contributed by atoms with E-state index in [0.717, 1.165) is 6.07 Å². The molecule has 0 atom stereocenters. The molecule has 1 amide bonds. The summed E-state index contributed by atoms with van der Waals surface area (Å²) in [6.45, 7) is -0.431. The van der Waals surface area contributed by atoms with E-state index in [1.54, 1.807) is 0 Å². The number of nitrogens with zero attached hydrogens (tertiary/aromatic N) is 2. The van der Waals surface area contributed by atoms with Crippen LogP contribution in [0.3, 0.4) is 0 Å². The summed E-state index contributed by atoms with van der Waals surface area (Å²) in [4.78, 5) is 35.6. The monoisotopic (exact) mass is 406 g/mol. The second kappa shape index (κ2) is 7.25. The number of carbonyl (C=O) groups is 2. The molecule has 11 nitrogen and oxygen atoms in total. The number of esters is 1. The lowest BCUT2D eigenvalue weighted by atomic mass is 10.2. The molecule has 2 aromatic rings. The van der Waals surface area contributed by atoms with Gasteiger partial charge in [0.2, 0.25) is 15.9 Å². The molecule has 3 rings (SSSR count). The van der Waals surface area contributed by atoms with Crippen LogP contribution in [-0.4, -0.2) is 38.3 Å². The second-order valence-electron chi connectivity index (χ2n) is 5.86. The Morgan fingerprint density at radius 1 is 1.25 bits per heavy atom. The lowest BCUT2D eigenvalue weighted by molar-refractivity contribution is -0.384. The van der Waals surface area contributed by atoms with Crippen LogP contribution in [-0.2, 0) is 19.6 Å². The van der Waals surface area contributed by atoms with Gasteiger partial charge in [-0.2, -0.15) is 0 Å². The first-order valence-electron chi connectivity index (χ1n) is 7.80. The minimum Gasteiger partial charge on any atom is -0.423 e. The Morgan fingerprint density at radius 2 is 1.93 bits per heavy atom. The van der Waals surface area contributed by atoms with Gasteiger partial charge in [-0.25, -0.2) is 18.4 Å². The van der Waals surface area contributed by atoms with Crippen molar-refractivity contribution in [2.24, 2.45) is 5.14 Å².